The van der Waals surface area contributed by atoms with Crippen LogP contribution >= 0.6 is 0 Å². The number of hydrogen-bond donors (Lipinski definition) is 1. The molecular formula is C7H8O4. The molecule has 1 atom stereocenters. The Kier molecular flexibility index (Phi) is 1.68. The molecule has 0 aromatic rings. The SMILES string of the molecule is C[C@@]1(CC(=O)O)C=CC(=O)O1. The number of carboxylic acids is 1. The van der Waals surface area contributed by atoms with Crippen molar-refractivity contribution in [3.63, 3.8) is 0 Å². The second kappa shape index (κ2) is 2.38. The van der Waals surface area contributed by atoms with E-state index in [1.807, 2.05) is 0 Å². The monoisotopic (exact) mass is 156 g/mol. The number of cyclic esters (lactones) is 1. The van der Waals surface area contributed by atoms with Gasteiger partial charge in [0.15, 0.2) is 0 Å². The maximum atomic E-state index is 10.5. The number of carbonyl (C=O) groups excluding carboxylic acids is 1. The van der Waals surface area contributed by atoms with Crippen molar-refractivity contribution in [2.75, 3.05) is 0 Å². The molecule has 4 nitrogen and oxygen atoms in total. The van der Waals surface area contributed by atoms with Crippen LogP contribution in [-0.4, -0.2) is 22.6 Å². The van der Waals surface area contributed by atoms with Crippen LogP contribution in [0.25, 0.3) is 0 Å². The molecule has 0 fully saturated rings. The molecule has 0 amide bonds. The first-order chi connectivity index (χ1) is 5.02. The van der Waals surface area contributed by atoms with E-state index in [2.05, 4.69) is 0 Å². The van der Waals surface area contributed by atoms with Gasteiger partial charge in [-0.2, -0.15) is 0 Å². The van der Waals surface area contributed by atoms with Crippen molar-refractivity contribution in [3.8, 4) is 0 Å². The Morgan fingerprint density at radius 3 is 2.82 bits per heavy atom. The van der Waals surface area contributed by atoms with Crippen LogP contribution in [0.1, 0.15) is 13.3 Å². The van der Waals surface area contributed by atoms with E-state index < -0.39 is 17.5 Å². The van der Waals surface area contributed by atoms with Crippen molar-refractivity contribution in [2.24, 2.45) is 0 Å². The summed E-state index contributed by atoms with van der Waals surface area (Å²) in [4.78, 5) is 20.8. The van der Waals surface area contributed by atoms with Gasteiger partial charge in [0, 0.05) is 6.08 Å². The quantitative estimate of drug-likeness (QED) is 0.585. The van der Waals surface area contributed by atoms with Crippen LogP contribution in [0.15, 0.2) is 12.2 Å². The highest BCUT2D eigenvalue weighted by molar-refractivity contribution is 5.86. The zero-order valence-corrected chi connectivity index (χ0v) is 6.03. The van der Waals surface area contributed by atoms with Gasteiger partial charge in [0.2, 0.25) is 0 Å². The fraction of sp³-hybridized carbons (Fsp3) is 0.429. The molecule has 0 bridgehead atoms. The van der Waals surface area contributed by atoms with Crippen LogP contribution in [0, 0.1) is 0 Å². The van der Waals surface area contributed by atoms with Crippen LogP contribution in [0.4, 0.5) is 0 Å². The van der Waals surface area contributed by atoms with Crippen molar-refractivity contribution in [1.29, 1.82) is 0 Å². The standard InChI is InChI=1S/C7H8O4/c1-7(4-5(8)9)3-2-6(10)11-7/h2-3H,4H2,1H3,(H,8,9)/t7-/m0/s1. The average Bonchev–Trinajstić information content (AvgIpc) is 2.08. The maximum Gasteiger partial charge on any atom is 0.331 e. The van der Waals surface area contributed by atoms with Gasteiger partial charge in [-0.3, -0.25) is 4.79 Å². The fourth-order valence-corrected chi connectivity index (χ4v) is 0.937. The number of esters is 1. The smallest absolute Gasteiger partial charge is 0.331 e. The summed E-state index contributed by atoms with van der Waals surface area (Å²) < 4.78 is 4.73. The minimum Gasteiger partial charge on any atom is -0.481 e. The van der Waals surface area contributed by atoms with E-state index in [4.69, 9.17) is 9.84 Å². The maximum absolute atomic E-state index is 10.5. The first-order valence-electron chi connectivity index (χ1n) is 3.16. The molecule has 60 valence electrons. The van der Waals surface area contributed by atoms with Gasteiger partial charge in [0.1, 0.15) is 5.60 Å². The van der Waals surface area contributed by atoms with Gasteiger partial charge < -0.3 is 9.84 Å². The van der Waals surface area contributed by atoms with E-state index >= 15 is 0 Å². The Hall–Kier alpha value is -1.32. The van der Waals surface area contributed by atoms with Gasteiger partial charge in [0.05, 0.1) is 6.42 Å². The topological polar surface area (TPSA) is 63.6 Å². The van der Waals surface area contributed by atoms with E-state index in [0.717, 1.165) is 0 Å². The number of hydrogen-bond acceptors (Lipinski definition) is 3. The van der Waals surface area contributed by atoms with Gasteiger partial charge in [0.25, 0.3) is 0 Å². The fourth-order valence-electron chi connectivity index (χ4n) is 0.937. The predicted molar refractivity (Wildman–Crippen MR) is 35.9 cm³/mol. The Morgan fingerprint density at radius 1 is 1.82 bits per heavy atom. The molecule has 1 aliphatic rings. The Morgan fingerprint density at radius 2 is 2.45 bits per heavy atom. The summed E-state index contributed by atoms with van der Waals surface area (Å²) in [6.07, 6.45) is 2.52. The first kappa shape index (κ1) is 7.78. The predicted octanol–water partition coefficient (Wildman–Crippen LogP) is 0.333. The zero-order valence-electron chi connectivity index (χ0n) is 6.03. The molecule has 0 aromatic carbocycles. The molecule has 0 spiro atoms. The minimum absolute atomic E-state index is 0.185. The van der Waals surface area contributed by atoms with Crippen LogP contribution in [0.2, 0.25) is 0 Å². The highest BCUT2D eigenvalue weighted by Crippen LogP contribution is 2.22. The summed E-state index contributed by atoms with van der Waals surface area (Å²) in [7, 11) is 0. The number of ether oxygens (including phenoxy) is 1. The minimum atomic E-state index is -0.980. The van der Waals surface area contributed by atoms with E-state index in [-0.39, 0.29) is 6.42 Å². The lowest BCUT2D eigenvalue weighted by Gasteiger charge is -2.18. The van der Waals surface area contributed by atoms with Crippen molar-refractivity contribution in [2.45, 2.75) is 18.9 Å². The molecule has 1 N–H and O–H groups in total. The lowest BCUT2D eigenvalue weighted by molar-refractivity contribution is -0.150. The number of rotatable bonds is 2. The first-order valence-corrected chi connectivity index (χ1v) is 3.16. The average molecular weight is 156 g/mol. The Balaban J connectivity index is 2.63. The summed E-state index contributed by atoms with van der Waals surface area (Å²) in [5.41, 5.74) is -0.942. The van der Waals surface area contributed by atoms with E-state index in [1.54, 1.807) is 6.92 Å². The Bertz CT molecular complexity index is 231. The molecule has 0 saturated heterocycles. The number of carboxylic acid groups (broad SMARTS) is 1. The number of carbonyl (C=O) groups is 2. The molecule has 0 aliphatic carbocycles. The van der Waals surface area contributed by atoms with Gasteiger partial charge in [-0.25, -0.2) is 4.79 Å². The summed E-state index contributed by atoms with van der Waals surface area (Å²) in [6, 6.07) is 0. The van der Waals surface area contributed by atoms with Gasteiger partial charge in [-0.15, -0.1) is 0 Å². The Labute approximate surface area is 63.5 Å². The molecule has 1 aliphatic heterocycles. The van der Waals surface area contributed by atoms with Crippen molar-refractivity contribution in [1.82, 2.24) is 0 Å². The summed E-state index contributed by atoms with van der Waals surface area (Å²) in [5, 5.41) is 8.40. The van der Waals surface area contributed by atoms with Crippen molar-refractivity contribution >= 4 is 11.9 Å². The zero-order chi connectivity index (χ0) is 8.48. The normalized spacial score (nSPS) is 28.6. The second-order valence-corrected chi connectivity index (χ2v) is 2.64. The molecule has 1 rings (SSSR count). The lowest BCUT2D eigenvalue weighted by atomic mass is 10.0. The summed E-state index contributed by atoms with van der Waals surface area (Å²) >= 11 is 0. The molecule has 0 radical (unpaired) electrons. The molecule has 0 aromatic heterocycles. The molecule has 11 heavy (non-hydrogen) atoms. The van der Waals surface area contributed by atoms with E-state index in [9.17, 15) is 9.59 Å². The second-order valence-electron chi connectivity index (χ2n) is 2.64. The summed E-state index contributed by atoms with van der Waals surface area (Å²) in [6.45, 7) is 1.56. The van der Waals surface area contributed by atoms with Crippen molar-refractivity contribution in [3.05, 3.63) is 12.2 Å². The van der Waals surface area contributed by atoms with Crippen molar-refractivity contribution < 1.29 is 19.4 Å². The van der Waals surface area contributed by atoms with Gasteiger partial charge in [-0.05, 0) is 13.0 Å². The largest absolute Gasteiger partial charge is 0.481 e. The van der Waals surface area contributed by atoms with Gasteiger partial charge in [-0.1, -0.05) is 0 Å². The molecule has 1 heterocycles. The number of aliphatic carboxylic acids is 1. The third kappa shape index (κ3) is 1.80. The highest BCUT2D eigenvalue weighted by Gasteiger charge is 2.32. The molecule has 0 unspecified atom stereocenters. The van der Waals surface area contributed by atoms with Crippen LogP contribution in [0.5, 0.6) is 0 Å². The van der Waals surface area contributed by atoms with Crippen LogP contribution in [0.3, 0.4) is 0 Å². The highest BCUT2D eigenvalue weighted by atomic mass is 16.6. The van der Waals surface area contributed by atoms with E-state index in [1.165, 1.54) is 12.2 Å². The molecular weight excluding hydrogens is 148 g/mol. The lowest BCUT2D eigenvalue weighted by Crippen LogP contribution is -2.27. The molecule has 0 saturated carbocycles. The van der Waals surface area contributed by atoms with Crippen LogP contribution in [-0.2, 0) is 14.3 Å². The van der Waals surface area contributed by atoms with Gasteiger partial charge >= 0.3 is 11.9 Å². The molecule has 4 heteroatoms. The van der Waals surface area contributed by atoms with E-state index in [0.29, 0.717) is 0 Å². The van der Waals surface area contributed by atoms with Crippen LogP contribution < -0.4 is 0 Å². The third-order valence-electron chi connectivity index (χ3n) is 1.41. The summed E-state index contributed by atoms with van der Waals surface area (Å²) in [5.74, 6) is -1.46. The third-order valence-corrected chi connectivity index (χ3v) is 1.41.